The van der Waals surface area contributed by atoms with Crippen LogP contribution in [0.5, 0.6) is 0 Å². The number of nitrogens with zero attached hydrogens (tertiary/aromatic N) is 1. The van der Waals surface area contributed by atoms with Crippen molar-refractivity contribution in [2.45, 2.75) is 45.2 Å². The van der Waals surface area contributed by atoms with Crippen molar-refractivity contribution in [1.82, 2.24) is 4.90 Å². The van der Waals surface area contributed by atoms with Crippen molar-refractivity contribution >= 4 is 5.97 Å². The predicted molar refractivity (Wildman–Crippen MR) is 63.1 cm³/mol. The maximum absolute atomic E-state index is 11.6. The molecule has 1 saturated heterocycles. The minimum atomic E-state index is -1.13. The lowest BCUT2D eigenvalue weighted by Gasteiger charge is -2.32. The summed E-state index contributed by atoms with van der Waals surface area (Å²) in [5.41, 5.74) is 0.404. The summed E-state index contributed by atoms with van der Waals surface area (Å²) in [6.07, 6.45) is -0.629. The monoisotopic (exact) mass is 243 g/mol. The lowest BCUT2D eigenvalue weighted by molar-refractivity contribution is -0.243. The Hall–Kier alpha value is -0.910. The number of esters is 1. The highest BCUT2D eigenvalue weighted by Gasteiger charge is 2.39. The summed E-state index contributed by atoms with van der Waals surface area (Å²) in [6, 6.07) is -0.509. The van der Waals surface area contributed by atoms with Gasteiger partial charge in [-0.15, -0.1) is 0 Å². The molecular formula is C12H21NO4. The Kier molecular flexibility index (Phi) is 4.30. The Morgan fingerprint density at radius 1 is 1.59 bits per heavy atom. The highest BCUT2D eigenvalue weighted by molar-refractivity contribution is 5.76. The quantitative estimate of drug-likeness (QED) is 0.453. The van der Waals surface area contributed by atoms with Gasteiger partial charge in [0.25, 0.3) is 0 Å². The van der Waals surface area contributed by atoms with E-state index in [1.54, 1.807) is 4.90 Å². The third-order valence-corrected chi connectivity index (χ3v) is 2.50. The van der Waals surface area contributed by atoms with Crippen LogP contribution in [-0.4, -0.2) is 47.7 Å². The molecule has 0 aromatic rings. The first-order valence-corrected chi connectivity index (χ1v) is 5.60. The number of hydrogen-bond acceptors (Lipinski definition) is 5. The van der Waals surface area contributed by atoms with E-state index in [4.69, 9.17) is 9.47 Å². The highest BCUT2D eigenvalue weighted by atomic mass is 16.6. The minimum Gasteiger partial charge on any atom is -0.468 e. The second-order valence-electron chi connectivity index (χ2n) is 5.22. The maximum atomic E-state index is 11.6. The number of aliphatic hydroxyl groups excluding tert-OH is 1. The van der Waals surface area contributed by atoms with Gasteiger partial charge in [-0.3, -0.25) is 4.79 Å². The van der Waals surface area contributed by atoms with Crippen LogP contribution in [0.1, 0.15) is 27.2 Å². The molecule has 1 aliphatic heterocycles. The third-order valence-electron chi connectivity index (χ3n) is 2.50. The van der Waals surface area contributed by atoms with Crippen LogP contribution in [0.4, 0.5) is 0 Å². The van der Waals surface area contributed by atoms with E-state index in [9.17, 15) is 9.90 Å². The van der Waals surface area contributed by atoms with Gasteiger partial charge in [0.05, 0.1) is 12.7 Å². The van der Waals surface area contributed by atoms with Crippen LogP contribution in [0.2, 0.25) is 0 Å². The fourth-order valence-electron chi connectivity index (χ4n) is 1.79. The van der Waals surface area contributed by atoms with Crippen LogP contribution in [0.3, 0.4) is 0 Å². The van der Waals surface area contributed by atoms with Gasteiger partial charge in [0, 0.05) is 6.54 Å². The van der Waals surface area contributed by atoms with Gasteiger partial charge in [-0.1, -0.05) is 12.2 Å². The van der Waals surface area contributed by atoms with E-state index < -0.39 is 18.1 Å². The largest absolute Gasteiger partial charge is 0.468 e. The first kappa shape index (κ1) is 14.2. The Morgan fingerprint density at radius 3 is 2.65 bits per heavy atom. The molecule has 0 amide bonds. The van der Waals surface area contributed by atoms with E-state index in [0.717, 1.165) is 5.57 Å². The van der Waals surface area contributed by atoms with Gasteiger partial charge in [0.1, 0.15) is 6.04 Å². The molecule has 0 radical (unpaired) electrons. The Balaban J connectivity index is 2.73. The van der Waals surface area contributed by atoms with Crippen molar-refractivity contribution < 1.29 is 19.4 Å². The molecular weight excluding hydrogens is 222 g/mol. The molecule has 5 heteroatoms. The highest BCUT2D eigenvalue weighted by Crippen LogP contribution is 2.26. The molecule has 1 heterocycles. The van der Waals surface area contributed by atoms with Gasteiger partial charge in [-0.2, -0.15) is 0 Å². The predicted octanol–water partition coefficient (Wildman–Crippen LogP) is 0.881. The molecule has 0 aromatic heterocycles. The Labute approximate surface area is 102 Å². The summed E-state index contributed by atoms with van der Waals surface area (Å²) in [5, 5.41) is 9.97. The van der Waals surface area contributed by atoms with Gasteiger partial charge >= 0.3 is 5.97 Å². The second-order valence-corrected chi connectivity index (χ2v) is 5.22. The summed E-state index contributed by atoms with van der Waals surface area (Å²) in [4.78, 5) is 13.1. The molecule has 1 unspecified atom stereocenters. The second kappa shape index (κ2) is 5.16. The molecule has 0 spiro atoms. The molecule has 0 saturated carbocycles. The van der Waals surface area contributed by atoms with E-state index >= 15 is 0 Å². The number of carbonyl (C=O) groups is 1. The molecule has 17 heavy (non-hydrogen) atoms. The average molecular weight is 243 g/mol. The number of aliphatic hydroxyl groups is 1. The molecule has 0 aliphatic carbocycles. The van der Waals surface area contributed by atoms with Crippen molar-refractivity contribution in [3.05, 3.63) is 12.2 Å². The van der Waals surface area contributed by atoms with Crippen molar-refractivity contribution in [3.63, 3.8) is 0 Å². The van der Waals surface area contributed by atoms with E-state index in [-0.39, 0.29) is 5.97 Å². The number of carbonyl (C=O) groups excluding carboxylic acids is 1. The van der Waals surface area contributed by atoms with Gasteiger partial charge in [0.2, 0.25) is 6.41 Å². The zero-order chi connectivity index (χ0) is 13.2. The first-order valence-electron chi connectivity index (χ1n) is 5.60. The van der Waals surface area contributed by atoms with E-state index in [1.165, 1.54) is 7.11 Å². The summed E-state index contributed by atoms with van der Waals surface area (Å²) in [7, 11) is 1.33. The number of ether oxygens (including phenoxy) is 2. The van der Waals surface area contributed by atoms with Crippen LogP contribution in [0.25, 0.3) is 0 Å². The molecule has 0 bridgehead atoms. The average Bonchev–Trinajstić information content (AvgIpc) is 2.56. The topological polar surface area (TPSA) is 59.0 Å². The summed E-state index contributed by atoms with van der Waals surface area (Å²) in [5.74, 6) is -0.375. The standard InChI is InChI=1S/C12H21NO4/c1-8-6-9(10(14)16-5)13(7-8)11(15)17-12(2,3)4/h9,11,15H,1,6-7H2,2-5H3/t9-,11?/m0/s1. The molecule has 1 rings (SSSR count). The van der Waals surface area contributed by atoms with Gasteiger partial charge < -0.3 is 14.6 Å². The molecule has 0 aromatic carbocycles. The lowest BCUT2D eigenvalue weighted by atomic mass is 10.2. The first-order chi connectivity index (χ1) is 7.74. The zero-order valence-electron chi connectivity index (χ0n) is 10.9. The number of hydrogen-bond donors (Lipinski definition) is 1. The third kappa shape index (κ3) is 3.80. The van der Waals surface area contributed by atoms with Gasteiger partial charge in [-0.25, -0.2) is 4.90 Å². The molecule has 1 aliphatic rings. The van der Waals surface area contributed by atoms with Crippen LogP contribution >= 0.6 is 0 Å². The van der Waals surface area contributed by atoms with E-state index in [1.807, 2.05) is 20.8 Å². The van der Waals surface area contributed by atoms with Gasteiger partial charge in [0.15, 0.2) is 0 Å². The number of rotatable bonds is 3. The van der Waals surface area contributed by atoms with Crippen LogP contribution in [0, 0.1) is 0 Å². The molecule has 5 nitrogen and oxygen atoms in total. The zero-order valence-corrected chi connectivity index (χ0v) is 10.9. The van der Waals surface area contributed by atoms with E-state index in [2.05, 4.69) is 6.58 Å². The molecule has 98 valence electrons. The minimum absolute atomic E-state index is 0.375. The number of methoxy groups -OCH3 is 1. The normalized spacial score (nSPS) is 23.8. The Morgan fingerprint density at radius 2 is 2.18 bits per heavy atom. The van der Waals surface area contributed by atoms with Crippen LogP contribution in [-0.2, 0) is 14.3 Å². The molecule has 2 atom stereocenters. The fourth-order valence-corrected chi connectivity index (χ4v) is 1.79. The fraction of sp³-hybridized carbons (Fsp3) is 0.750. The van der Waals surface area contributed by atoms with Crippen molar-refractivity contribution in [3.8, 4) is 0 Å². The smallest absolute Gasteiger partial charge is 0.323 e. The molecule has 1 N–H and O–H groups in total. The van der Waals surface area contributed by atoms with Crippen LogP contribution < -0.4 is 0 Å². The number of likely N-dealkylation sites (tertiary alicyclic amines) is 1. The Bertz CT molecular complexity index is 308. The van der Waals surface area contributed by atoms with Crippen LogP contribution in [0.15, 0.2) is 12.2 Å². The lowest BCUT2D eigenvalue weighted by Crippen LogP contribution is -2.47. The van der Waals surface area contributed by atoms with Crippen molar-refractivity contribution in [2.24, 2.45) is 0 Å². The maximum Gasteiger partial charge on any atom is 0.323 e. The summed E-state index contributed by atoms with van der Waals surface area (Å²) in [6.45, 7) is 9.80. The van der Waals surface area contributed by atoms with Gasteiger partial charge in [-0.05, 0) is 27.2 Å². The van der Waals surface area contributed by atoms with E-state index in [0.29, 0.717) is 13.0 Å². The SMILES string of the molecule is C=C1C[C@@H](C(=O)OC)N(C(O)OC(C)(C)C)C1. The van der Waals surface area contributed by atoms with Crippen molar-refractivity contribution in [1.29, 1.82) is 0 Å². The summed E-state index contributed by atoms with van der Waals surface area (Å²) < 4.78 is 10.1. The molecule has 1 fully saturated rings. The summed E-state index contributed by atoms with van der Waals surface area (Å²) >= 11 is 0. The van der Waals surface area contributed by atoms with Crippen molar-refractivity contribution in [2.75, 3.05) is 13.7 Å².